The zero-order valence-electron chi connectivity index (χ0n) is 9.39. The number of halogens is 1. The highest BCUT2D eigenvalue weighted by atomic mass is 35.5. The van der Waals surface area contributed by atoms with Gasteiger partial charge in [0, 0.05) is 17.1 Å². The molecule has 0 atom stereocenters. The first-order chi connectivity index (χ1) is 7.03. The quantitative estimate of drug-likeness (QED) is 0.808. The average molecular weight is 227 g/mol. The molecular weight excluding hydrogens is 208 g/mol. The number of nitrogens with two attached hydrogens (primary N) is 1. The Hall–Kier alpha value is -0.570. The molecule has 0 saturated carbocycles. The molecule has 0 heterocycles. The summed E-state index contributed by atoms with van der Waals surface area (Å²) in [4.78, 5) is 0. The second-order valence-corrected chi connectivity index (χ2v) is 4.83. The summed E-state index contributed by atoms with van der Waals surface area (Å²) >= 11 is 5.81. The molecule has 1 rings (SSSR count). The zero-order valence-corrected chi connectivity index (χ0v) is 10.1. The lowest BCUT2D eigenvalue weighted by Crippen LogP contribution is -2.46. The summed E-state index contributed by atoms with van der Waals surface area (Å²) in [5, 5.41) is 4.20. The van der Waals surface area contributed by atoms with Gasteiger partial charge in [-0.25, -0.2) is 0 Å². The molecule has 2 nitrogen and oxygen atoms in total. The van der Waals surface area contributed by atoms with Gasteiger partial charge < -0.3 is 11.1 Å². The van der Waals surface area contributed by atoms with Crippen molar-refractivity contribution in [1.82, 2.24) is 5.32 Å². The van der Waals surface area contributed by atoms with Crippen LogP contribution in [0.2, 0.25) is 5.02 Å². The lowest BCUT2D eigenvalue weighted by atomic mass is 10.1. The van der Waals surface area contributed by atoms with Crippen molar-refractivity contribution in [2.24, 2.45) is 5.73 Å². The van der Waals surface area contributed by atoms with Crippen molar-refractivity contribution >= 4 is 11.6 Å². The maximum Gasteiger partial charge on any atom is 0.0406 e. The second-order valence-electron chi connectivity index (χ2n) is 4.39. The van der Waals surface area contributed by atoms with Crippen LogP contribution in [0.1, 0.15) is 19.4 Å². The first-order valence-corrected chi connectivity index (χ1v) is 5.61. The van der Waals surface area contributed by atoms with E-state index in [4.69, 9.17) is 17.3 Å². The second kappa shape index (κ2) is 5.50. The molecule has 0 bridgehead atoms. The van der Waals surface area contributed by atoms with Crippen LogP contribution in [0.5, 0.6) is 0 Å². The molecule has 0 unspecified atom stereocenters. The van der Waals surface area contributed by atoms with Crippen molar-refractivity contribution in [3.63, 3.8) is 0 Å². The van der Waals surface area contributed by atoms with E-state index in [9.17, 15) is 0 Å². The highest BCUT2D eigenvalue weighted by Gasteiger charge is 2.12. The fourth-order valence-electron chi connectivity index (χ4n) is 1.27. The summed E-state index contributed by atoms with van der Waals surface area (Å²) < 4.78 is 0. The third kappa shape index (κ3) is 4.65. The third-order valence-electron chi connectivity index (χ3n) is 2.44. The number of hydrogen-bond acceptors (Lipinski definition) is 2. The standard InChI is InChI=1S/C12H19ClN2/c1-12(2,9-14)15-8-7-10-3-5-11(13)6-4-10/h3-6,15H,7-9,14H2,1-2H3. The van der Waals surface area contributed by atoms with Crippen LogP contribution in [0.3, 0.4) is 0 Å². The fraction of sp³-hybridized carbons (Fsp3) is 0.500. The predicted molar refractivity (Wildman–Crippen MR) is 66.3 cm³/mol. The number of hydrogen-bond donors (Lipinski definition) is 2. The first kappa shape index (κ1) is 12.5. The van der Waals surface area contributed by atoms with Gasteiger partial charge in [-0.05, 0) is 44.5 Å². The molecule has 3 heteroatoms. The highest BCUT2D eigenvalue weighted by molar-refractivity contribution is 6.30. The Labute approximate surface area is 96.8 Å². The van der Waals surface area contributed by atoms with E-state index in [1.165, 1.54) is 5.56 Å². The van der Waals surface area contributed by atoms with Crippen molar-refractivity contribution in [3.05, 3.63) is 34.9 Å². The molecule has 0 radical (unpaired) electrons. The van der Waals surface area contributed by atoms with Crippen LogP contribution in [0, 0.1) is 0 Å². The minimum atomic E-state index is 0.0203. The Morgan fingerprint density at radius 2 is 1.87 bits per heavy atom. The lowest BCUT2D eigenvalue weighted by molar-refractivity contribution is 0.402. The van der Waals surface area contributed by atoms with Gasteiger partial charge in [0.25, 0.3) is 0 Å². The van der Waals surface area contributed by atoms with Crippen LogP contribution in [-0.2, 0) is 6.42 Å². The summed E-state index contributed by atoms with van der Waals surface area (Å²) in [6.45, 7) is 5.79. The van der Waals surface area contributed by atoms with Crippen LogP contribution in [0.15, 0.2) is 24.3 Å². The van der Waals surface area contributed by atoms with Gasteiger partial charge in [-0.2, -0.15) is 0 Å². The summed E-state index contributed by atoms with van der Waals surface area (Å²) in [6.07, 6.45) is 1.00. The summed E-state index contributed by atoms with van der Waals surface area (Å²) in [5.41, 5.74) is 6.94. The Kier molecular flexibility index (Phi) is 4.58. The van der Waals surface area contributed by atoms with Crippen LogP contribution in [-0.4, -0.2) is 18.6 Å². The van der Waals surface area contributed by atoms with Crippen molar-refractivity contribution < 1.29 is 0 Å². The van der Waals surface area contributed by atoms with E-state index >= 15 is 0 Å². The van der Waals surface area contributed by atoms with Crippen molar-refractivity contribution in [2.45, 2.75) is 25.8 Å². The largest absolute Gasteiger partial charge is 0.329 e. The van der Waals surface area contributed by atoms with Gasteiger partial charge in [0.05, 0.1) is 0 Å². The normalized spacial score (nSPS) is 11.7. The van der Waals surface area contributed by atoms with Gasteiger partial charge in [0.1, 0.15) is 0 Å². The van der Waals surface area contributed by atoms with E-state index in [0.29, 0.717) is 6.54 Å². The Bertz CT molecular complexity index is 293. The van der Waals surface area contributed by atoms with Gasteiger partial charge >= 0.3 is 0 Å². The van der Waals surface area contributed by atoms with Crippen molar-refractivity contribution in [1.29, 1.82) is 0 Å². The molecule has 0 saturated heterocycles. The van der Waals surface area contributed by atoms with E-state index in [1.807, 2.05) is 12.1 Å². The van der Waals surface area contributed by atoms with Gasteiger partial charge in [-0.1, -0.05) is 23.7 Å². The SMILES string of the molecule is CC(C)(CN)NCCc1ccc(Cl)cc1. The average Bonchev–Trinajstić information content (AvgIpc) is 2.21. The molecule has 15 heavy (non-hydrogen) atoms. The van der Waals surface area contributed by atoms with Crippen LogP contribution < -0.4 is 11.1 Å². The molecular formula is C12H19ClN2. The van der Waals surface area contributed by atoms with Crippen LogP contribution in [0.4, 0.5) is 0 Å². The molecule has 0 aliphatic rings. The molecule has 84 valence electrons. The van der Waals surface area contributed by atoms with Crippen LogP contribution >= 0.6 is 11.6 Å². The van der Waals surface area contributed by atoms with E-state index in [0.717, 1.165) is 18.0 Å². The molecule has 0 amide bonds. The smallest absolute Gasteiger partial charge is 0.0406 e. The monoisotopic (exact) mass is 226 g/mol. The summed E-state index contributed by atoms with van der Waals surface area (Å²) in [7, 11) is 0. The fourth-order valence-corrected chi connectivity index (χ4v) is 1.39. The van der Waals surface area contributed by atoms with Crippen LogP contribution in [0.25, 0.3) is 0 Å². The molecule has 1 aromatic rings. The lowest BCUT2D eigenvalue weighted by Gasteiger charge is -2.24. The minimum absolute atomic E-state index is 0.0203. The molecule has 0 aliphatic heterocycles. The van der Waals surface area contributed by atoms with Crippen molar-refractivity contribution in [2.75, 3.05) is 13.1 Å². The first-order valence-electron chi connectivity index (χ1n) is 5.23. The van der Waals surface area contributed by atoms with Gasteiger partial charge in [-0.3, -0.25) is 0 Å². The molecule has 0 spiro atoms. The Morgan fingerprint density at radius 1 is 1.27 bits per heavy atom. The maximum atomic E-state index is 5.81. The summed E-state index contributed by atoms with van der Waals surface area (Å²) in [6, 6.07) is 7.95. The number of rotatable bonds is 5. The minimum Gasteiger partial charge on any atom is -0.329 e. The molecule has 0 aromatic heterocycles. The molecule has 0 aliphatic carbocycles. The van der Waals surface area contributed by atoms with E-state index in [1.54, 1.807) is 0 Å². The third-order valence-corrected chi connectivity index (χ3v) is 2.69. The number of nitrogens with one attached hydrogen (secondary N) is 1. The summed E-state index contributed by atoms with van der Waals surface area (Å²) in [5.74, 6) is 0. The molecule has 3 N–H and O–H groups in total. The van der Waals surface area contributed by atoms with Crippen molar-refractivity contribution in [3.8, 4) is 0 Å². The topological polar surface area (TPSA) is 38.0 Å². The van der Waals surface area contributed by atoms with E-state index < -0.39 is 0 Å². The zero-order chi connectivity index (χ0) is 11.3. The Morgan fingerprint density at radius 3 is 2.40 bits per heavy atom. The number of benzene rings is 1. The Balaban J connectivity index is 2.35. The van der Waals surface area contributed by atoms with Gasteiger partial charge in [0.2, 0.25) is 0 Å². The highest BCUT2D eigenvalue weighted by Crippen LogP contribution is 2.09. The van der Waals surface area contributed by atoms with Gasteiger partial charge in [0.15, 0.2) is 0 Å². The van der Waals surface area contributed by atoms with E-state index in [-0.39, 0.29) is 5.54 Å². The molecule has 1 aromatic carbocycles. The van der Waals surface area contributed by atoms with Gasteiger partial charge in [-0.15, -0.1) is 0 Å². The van der Waals surface area contributed by atoms with E-state index in [2.05, 4.69) is 31.3 Å². The maximum absolute atomic E-state index is 5.81. The predicted octanol–water partition coefficient (Wildman–Crippen LogP) is 2.21. The molecule has 0 fully saturated rings.